The highest BCUT2D eigenvalue weighted by molar-refractivity contribution is 7.89. The fraction of sp³-hybridized carbons (Fsp3) is 0.278. The molecule has 0 aliphatic heterocycles. The molecule has 0 spiro atoms. The maximum absolute atomic E-state index is 12.2. The van der Waals surface area contributed by atoms with E-state index in [1.54, 1.807) is 49.6 Å². The van der Waals surface area contributed by atoms with Crippen LogP contribution < -0.4 is 14.8 Å². The van der Waals surface area contributed by atoms with Gasteiger partial charge in [0.1, 0.15) is 5.75 Å². The molecule has 0 unspecified atom stereocenters. The van der Waals surface area contributed by atoms with Crippen molar-refractivity contribution in [1.29, 1.82) is 0 Å². The van der Waals surface area contributed by atoms with Crippen molar-refractivity contribution in [2.75, 3.05) is 20.2 Å². The van der Waals surface area contributed by atoms with E-state index in [0.717, 1.165) is 11.1 Å². The van der Waals surface area contributed by atoms with Crippen LogP contribution >= 0.6 is 0 Å². The monoisotopic (exact) mass is 362 g/mol. The molecule has 134 valence electrons. The van der Waals surface area contributed by atoms with Gasteiger partial charge in [-0.1, -0.05) is 6.07 Å². The van der Waals surface area contributed by atoms with Crippen molar-refractivity contribution in [3.63, 3.8) is 0 Å². The molecule has 0 atom stereocenters. The second-order valence-corrected chi connectivity index (χ2v) is 7.40. The Hall–Kier alpha value is -2.38. The number of carbonyl (C=O) groups excluding carboxylic acids is 1. The SMILES string of the molecule is COc1ccc(C(=O)NCCNS(=O)(=O)c2ccc(C)c(C)c2)cc1. The van der Waals surface area contributed by atoms with E-state index in [4.69, 9.17) is 4.74 Å². The summed E-state index contributed by atoms with van der Waals surface area (Å²) in [6.45, 7) is 4.09. The van der Waals surface area contributed by atoms with Gasteiger partial charge in [0.25, 0.3) is 5.91 Å². The molecule has 2 aromatic carbocycles. The lowest BCUT2D eigenvalue weighted by atomic mass is 10.1. The zero-order chi connectivity index (χ0) is 18.4. The lowest BCUT2D eigenvalue weighted by Gasteiger charge is -2.10. The van der Waals surface area contributed by atoms with Crippen LogP contribution in [-0.2, 0) is 10.0 Å². The summed E-state index contributed by atoms with van der Waals surface area (Å²) in [5.74, 6) is 0.394. The van der Waals surface area contributed by atoms with Gasteiger partial charge in [-0.05, 0) is 61.4 Å². The quantitative estimate of drug-likeness (QED) is 0.738. The Morgan fingerprint density at radius 3 is 2.28 bits per heavy atom. The van der Waals surface area contributed by atoms with Gasteiger partial charge in [-0.15, -0.1) is 0 Å². The Morgan fingerprint density at radius 2 is 1.68 bits per heavy atom. The molecule has 2 N–H and O–H groups in total. The summed E-state index contributed by atoms with van der Waals surface area (Å²) in [4.78, 5) is 12.2. The summed E-state index contributed by atoms with van der Waals surface area (Å²) in [5, 5.41) is 2.67. The number of methoxy groups -OCH3 is 1. The number of aryl methyl sites for hydroxylation is 2. The first-order chi connectivity index (χ1) is 11.8. The van der Waals surface area contributed by atoms with E-state index in [1.165, 1.54) is 0 Å². The van der Waals surface area contributed by atoms with Crippen molar-refractivity contribution in [2.24, 2.45) is 0 Å². The lowest BCUT2D eigenvalue weighted by molar-refractivity contribution is 0.0954. The molecule has 0 aliphatic rings. The first-order valence-corrected chi connectivity index (χ1v) is 9.31. The molecule has 25 heavy (non-hydrogen) atoms. The molecule has 1 amide bonds. The van der Waals surface area contributed by atoms with Crippen LogP contribution in [0.2, 0.25) is 0 Å². The lowest BCUT2D eigenvalue weighted by Crippen LogP contribution is -2.34. The van der Waals surface area contributed by atoms with E-state index in [1.807, 2.05) is 13.8 Å². The van der Waals surface area contributed by atoms with Crippen LogP contribution in [0.4, 0.5) is 0 Å². The molecule has 2 rings (SSSR count). The number of hydrogen-bond acceptors (Lipinski definition) is 4. The number of ether oxygens (including phenoxy) is 1. The van der Waals surface area contributed by atoms with Gasteiger partial charge < -0.3 is 10.1 Å². The fourth-order valence-electron chi connectivity index (χ4n) is 2.17. The number of amides is 1. The molecular weight excluding hydrogens is 340 g/mol. The van der Waals surface area contributed by atoms with Crippen molar-refractivity contribution >= 4 is 15.9 Å². The molecule has 0 saturated heterocycles. The normalized spacial score (nSPS) is 11.2. The van der Waals surface area contributed by atoms with Crippen LogP contribution in [0.5, 0.6) is 5.75 Å². The number of rotatable bonds is 7. The van der Waals surface area contributed by atoms with E-state index in [-0.39, 0.29) is 23.9 Å². The highest BCUT2D eigenvalue weighted by Gasteiger charge is 2.14. The highest BCUT2D eigenvalue weighted by Crippen LogP contribution is 2.14. The van der Waals surface area contributed by atoms with Crippen LogP contribution in [0.1, 0.15) is 21.5 Å². The van der Waals surface area contributed by atoms with Crippen LogP contribution in [0.15, 0.2) is 47.4 Å². The summed E-state index contributed by atoms with van der Waals surface area (Å²) in [7, 11) is -2.04. The molecule has 0 saturated carbocycles. The summed E-state index contributed by atoms with van der Waals surface area (Å²) < 4.78 is 32.0. The molecule has 0 fully saturated rings. The second-order valence-electron chi connectivity index (χ2n) is 5.63. The third-order valence-corrected chi connectivity index (χ3v) is 5.30. The first kappa shape index (κ1) is 19.0. The molecule has 7 heteroatoms. The number of carbonyl (C=O) groups is 1. The van der Waals surface area contributed by atoms with Crippen LogP contribution in [0.25, 0.3) is 0 Å². The van der Waals surface area contributed by atoms with E-state index in [9.17, 15) is 13.2 Å². The molecule has 0 radical (unpaired) electrons. The van der Waals surface area contributed by atoms with Gasteiger partial charge in [-0.2, -0.15) is 0 Å². The van der Waals surface area contributed by atoms with Gasteiger partial charge in [0.05, 0.1) is 12.0 Å². The average Bonchev–Trinajstić information content (AvgIpc) is 2.61. The summed E-state index contributed by atoms with van der Waals surface area (Å²) in [5.41, 5.74) is 2.43. The van der Waals surface area contributed by atoms with Gasteiger partial charge in [0, 0.05) is 18.7 Å². The first-order valence-electron chi connectivity index (χ1n) is 7.82. The van der Waals surface area contributed by atoms with Crippen LogP contribution in [-0.4, -0.2) is 34.5 Å². The summed E-state index contributed by atoms with van der Waals surface area (Å²) in [6.07, 6.45) is 0. The molecule has 0 heterocycles. The Labute approximate surface area is 148 Å². The minimum Gasteiger partial charge on any atom is -0.497 e. The maximum Gasteiger partial charge on any atom is 0.251 e. The highest BCUT2D eigenvalue weighted by atomic mass is 32.2. The average molecular weight is 362 g/mol. The van der Waals surface area contributed by atoms with Gasteiger partial charge in [-0.3, -0.25) is 4.79 Å². The van der Waals surface area contributed by atoms with Crippen molar-refractivity contribution < 1.29 is 17.9 Å². The fourth-order valence-corrected chi connectivity index (χ4v) is 3.29. The number of benzene rings is 2. The zero-order valence-corrected chi connectivity index (χ0v) is 15.3. The van der Waals surface area contributed by atoms with Crippen molar-refractivity contribution in [2.45, 2.75) is 18.7 Å². The van der Waals surface area contributed by atoms with E-state index in [0.29, 0.717) is 11.3 Å². The van der Waals surface area contributed by atoms with E-state index < -0.39 is 10.0 Å². The third kappa shape index (κ3) is 5.04. The Kier molecular flexibility index (Phi) is 6.17. The third-order valence-electron chi connectivity index (χ3n) is 3.84. The van der Waals surface area contributed by atoms with Crippen molar-refractivity contribution in [1.82, 2.24) is 10.0 Å². The number of hydrogen-bond donors (Lipinski definition) is 2. The molecular formula is C18H22N2O4S. The largest absolute Gasteiger partial charge is 0.497 e. The minimum absolute atomic E-state index is 0.108. The van der Waals surface area contributed by atoms with Crippen LogP contribution in [0, 0.1) is 13.8 Å². The summed E-state index contributed by atoms with van der Waals surface area (Å²) >= 11 is 0. The summed E-state index contributed by atoms with van der Waals surface area (Å²) in [6, 6.07) is 11.7. The second kappa shape index (κ2) is 8.13. The predicted molar refractivity (Wildman–Crippen MR) is 96.4 cm³/mol. The Morgan fingerprint density at radius 1 is 1.00 bits per heavy atom. The van der Waals surface area contributed by atoms with Crippen LogP contribution in [0.3, 0.4) is 0 Å². The minimum atomic E-state index is -3.59. The van der Waals surface area contributed by atoms with E-state index >= 15 is 0 Å². The van der Waals surface area contributed by atoms with E-state index in [2.05, 4.69) is 10.0 Å². The molecule has 2 aromatic rings. The van der Waals surface area contributed by atoms with Gasteiger partial charge >= 0.3 is 0 Å². The molecule has 0 bridgehead atoms. The smallest absolute Gasteiger partial charge is 0.251 e. The predicted octanol–water partition coefficient (Wildman–Crippen LogP) is 2.02. The Bertz CT molecular complexity index is 846. The maximum atomic E-state index is 12.2. The van der Waals surface area contributed by atoms with Crippen molar-refractivity contribution in [3.05, 3.63) is 59.2 Å². The standard InChI is InChI=1S/C18H22N2O4S/c1-13-4-9-17(12-14(13)2)25(22,23)20-11-10-19-18(21)15-5-7-16(24-3)8-6-15/h4-9,12,20H,10-11H2,1-3H3,(H,19,21). The number of sulfonamides is 1. The molecule has 0 aromatic heterocycles. The zero-order valence-electron chi connectivity index (χ0n) is 14.5. The number of nitrogens with one attached hydrogen (secondary N) is 2. The van der Waals surface area contributed by atoms with Crippen molar-refractivity contribution in [3.8, 4) is 5.75 Å². The molecule has 6 nitrogen and oxygen atoms in total. The van der Waals surface area contributed by atoms with Gasteiger partial charge in [0.2, 0.25) is 10.0 Å². The van der Waals surface area contributed by atoms with Gasteiger partial charge in [-0.25, -0.2) is 13.1 Å². The van der Waals surface area contributed by atoms with Gasteiger partial charge in [0.15, 0.2) is 0 Å². The Balaban J connectivity index is 1.86. The molecule has 0 aliphatic carbocycles. The topological polar surface area (TPSA) is 84.5 Å².